The lowest BCUT2D eigenvalue weighted by Gasteiger charge is -2.06. The van der Waals surface area contributed by atoms with E-state index in [0.29, 0.717) is 13.2 Å². The summed E-state index contributed by atoms with van der Waals surface area (Å²) in [6.45, 7) is 4.76. The Morgan fingerprint density at radius 1 is 1.14 bits per heavy atom. The van der Waals surface area contributed by atoms with E-state index in [9.17, 15) is 0 Å². The Balaban J connectivity index is 1.92. The fraction of sp³-hybridized carbons (Fsp3) is 0.118. The van der Waals surface area contributed by atoms with Crippen LogP contribution in [-0.4, -0.2) is 12.8 Å². The standard InChI is InChI=1S/C17H17ClN2O/c1-2-11-21-17-6-4-3-5-15(17)13-20-19-12-14-7-9-16(18)10-8-14/h2-10,13,19H,1,11-12H2/b20-13-. The third kappa shape index (κ3) is 4.97. The second-order valence-corrected chi connectivity index (χ2v) is 4.79. The maximum atomic E-state index is 5.84. The van der Waals surface area contributed by atoms with Crippen LogP contribution in [0.2, 0.25) is 5.02 Å². The Hall–Kier alpha value is -2.26. The number of para-hydroxylation sites is 1. The quantitative estimate of drug-likeness (QED) is 0.476. The summed E-state index contributed by atoms with van der Waals surface area (Å²) >= 11 is 5.84. The molecule has 0 aliphatic rings. The molecule has 2 aromatic rings. The smallest absolute Gasteiger partial charge is 0.128 e. The molecule has 2 rings (SSSR count). The van der Waals surface area contributed by atoms with Crippen LogP contribution in [0.4, 0.5) is 0 Å². The van der Waals surface area contributed by atoms with Crippen molar-refractivity contribution in [2.45, 2.75) is 6.54 Å². The maximum absolute atomic E-state index is 5.84. The Bertz CT molecular complexity index is 608. The molecule has 4 heteroatoms. The molecule has 0 aliphatic heterocycles. The van der Waals surface area contributed by atoms with Crippen LogP contribution in [-0.2, 0) is 6.54 Å². The minimum absolute atomic E-state index is 0.475. The fourth-order valence-corrected chi connectivity index (χ4v) is 1.85. The average molecular weight is 301 g/mol. The van der Waals surface area contributed by atoms with Crippen LogP contribution in [0.1, 0.15) is 11.1 Å². The highest BCUT2D eigenvalue weighted by atomic mass is 35.5. The molecule has 0 unspecified atom stereocenters. The number of nitrogens with one attached hydrogen (secondary N) is 1. The lowest BCUT2D eigenvalue weighted by Crippen LogP contribution is -2.06. The minimum Gasteiger partial charge on any atom is -0.489 e. The molecule has 0 amide bonds. The van der Waals surface area contributed by atoms with Gasteiger partial charge in [0.25, 0.3) is 0 Å². The van der Waals surface area contributed by atoms with Gasteiger partial charge in [-0.1, -0.05) is 48.5 Å². The summed E-state index contributed by atoms with van der Waals surface area (Å²) < 4.78 is 5.56. The van der Waals surface area contributed by atoms with Crippen molar-refractivity contribution in [3.05, 3.63) is 77.3 Å². The van der Waals surface area contributed by atoms with Crippen molar-refractivity contribution in [1.29, 1.82) is 0 Å². The molecule has 0 atom stereocenters. The highest BCUT2D eigenvalue weighted by Crippen LogP contribution is 2.15. The summed E-state index contributed by atoms with van der Waals surface area (Å²) in [6.07, 6.45) is 3.46. The maximum Gasteiger partial charge on any atom is 0.128 e. The van der Waals surface area contributed by atoms with Gasteiger partial charge in [-0.15, -0.1) is 0 Å². The Kier molecular flexibility index (Phi) is 5.85. The number of hydrogen-bond acceptors (Lipinski definition) is 3. The van der Waals surface area contributed by atoms with E-state index in [4.69, 9.17) is 16.3 Å². The number of halogens is 1. The number of hydrogen-bond donors (Lipinski definition) is 1. The van der Waals surface area contributed by atoms with Crippen LogP contribution in [0.15, 0.2) is 66.3 Å². The zero-order valence-electron chi connectivity index (χ0n) is 11.6. The molecular weight excluding hydrogens is 284 g/mol. The lowest BCUT2D eigenvalue weighted by atomic mass is 10.2. The summed E-state index contributed by atoms with van der Waals surface area (Å²) in [7, 11) is 0. The molecule has 1 N–H and O–H groups in total. The van der Waals surface area contributed by atoms with Gasteiger partial charge in [-0.2, -0.15) is 5.10 Å². The van der Waals surface area contributed by atoms with E-state index in [1.165, 1.54) is 0 Å². The SMILES string of the molecule is C=CCOc1ccccc1/C=N\NCc1ccc(Cl)cc1. The van der Waals surface area contributed by atoms with Gasteiger partial charge in [-0.05, 0) is 29.8 Å². The van der Waals surface area contributed by atoms with Crippen molar-refractivity contribution < 1.29 is 4.74 Å². The van der Waals surface area contributed by atoms with Crippen molar-refractivity contribution in [2.24, 2.45) is 5.10 Å². The van der Waals surface area contributed by atoms with Gasteiger partial charge >= 0.3 is 0 Å². The predicted octanol–water partition coefficient (Wildman–Crippen LogP) is 4.03. The molecule has 0 aromatic heterocycles. The normalized spacial score (nSPS) is 10.5. The fourth-order valence-electron chi connectivity index (χ4n) is 1.72. The monoisotopic (exact) mass is 300 g/mol. The Morgan fingerprint density at radius 2 is 1.90 bits per heavy atom. The molecule has 0 fully saturated rings. The molecule has 0 bridgehead atoms. The van der Waals surface area contributed by atoms with Crippen molar-refractivity contribution in [3.8, 4) is 5.75 Å². The van der Waals surface area contributed by atoms with Crippen molar-refractivity contribution in [2.75, 3.05) is 6.61 Å². The molecular formula is C17H17ClN2O. The third-order valence-electron chi connectivity index (χ3n) is 2.77. The van der Waals surface area contributed by atoms with Crippen molar-refractivity contribution in [3.63, 3.8) is 0 Å². The van der Waals surface area contributed by atoms with Gasteiger partial charge in [0.15, 0.2) is 0 Å². The first kappa shape index (κ1) is 15.1. The molecule has 21 heavy (non-hydrogen) atoms. The van der Waals surface area contributed by atoms with Crippen LogP contribution in [0.5, 0.6) is 5.75 Å². The van der Waals surface area contributed by atoms with Crippen LogP contribution in [0, 0.1) is 0 Å². The molecule has 2 aromatic carbocycles. The second-order valence-electron chi connectivity index (χ2n) is 4.36. The molecule has 108 valence electrons. The van der Waals surface area contributed by atoms with Gasteiger partial charge in [0, 0.05) is 10.6 Å². The van der Waals surface area contributed by atoms with Gasteiger partial charge in [0.2, 0.25) is 0 Å². The molecule has 0 aliphatic carbocycles. The molecule has 0 saturated heterocycles. The Morgan fingerprint density at radius 3 is 2.67 bits per heavy atom. The van der Waals surface area contributed by atoms with Gasteiger partial charge in [0.1, 0.15) is 12.4 Å². The summed E-state index contributed by atoms with van der Waals surface area (Å²) in [5.41, 5.74) is 5.04. The van der Waals surface area contributed by atoms with Gasteiger partial charge in [0.05, 0.1) is 12.8 Å². The third-order valence-corrected chi connectivity index (χ3v) is 3.02. The summed E-state index contributed by atoms with van der Waals surface area (Å²) in [6, 6.07) is 15.4. The van der Waals surface area contributed by atoms with Crippen LogP contribution in [0.3, 0.4) is 0 Å². The first-order chi connectivity index (χ1) is 10.3. The van der Waals surface area contributed by atoms with Crippen LogP contribution < -0.4 is 10.2 Å². The number of nitrogens with zero attached hydrogens (tertiary/aromatic N) is 1. The van der Waals surface area contributed by atoms with Crippen LogP contribution >= 0.6 is 11.6 Å². The first-order valence-corrected chi connectivity index (χ1v) is 7.00. The summed E-state index contributed by atoms with van der Waals surface area (Å²) in [5.74, 6) is 0.787. The Labute approximate surface area is 129 Å². The second kappa shape index (κ2) is 8.12. The average Bonchev–Trinajstić information content (AvgIpc) is 2.52. The molecule has 0 radical (unpaired) electrons. The number of ether oxygens (including phenoxy) is 1. The van der Waals surface area contributed by atoms with E-state index in [1.54, 1.807) is 12.3 Å². The van der Waals surface area contributed by atoms with Crippen molar-refractivity contribution >= 4 is 17.8 Å². The van der Waals surface area contributed by atoms with Gasteiger partial charge in [-0.25, -0.2) is 0 Å². The topological polar surface area (TPSA) is 33.6 Å². The molecule has 3 nitrogen and oxygen atoms in total. The zero-order chi connectivity index (χ0) is 14.9. The number of rotatable bonds is 7. The summed E-state index contributed by atoms with van der Waals surface area (Å²) in [4.78, 5) is 0. The van der Waals surface area contributed by atoms with Crippen molar-refractivity contribution in [1.82, 2.24) is 5.43 Å². The van der Waals surface area contributed by atoms with E-state index in [0.717, 1.165) is 21.9 Å². The van der Waals surface area contributed by atoms with Crippen LogP contribution in [0.25, 0.3) is 0 Å². The highest BCUT2D eigenvalue weighted by Gasteiger charge is 1.98. The largest absolute Gasteiger partial charge is 0.489 e. The van der Waals surface area contributed by atoms with E-state index in [2.05, 4.69) is 17.1 Å². The van der Waals surface area contributed by atoms with Gasteiger partial charge < -0.3 is 10.2 Å². The highest BCUT2D eigenvalue weighted by molar-refractivity contribution is 6.30. The van der Waals surface area contributed by atoms with E-state index in [1.807, 2.05) is 48.5 Å². The number of hydrazone groups is 1. The lowest BCUT2D eigenvalue weighted by molar-refractivity contribution is 0.362. The van der Waals surface area contributed by atoms with E-state index < -0.39 is 0 Å². The minimum atomic E-state index is 0.475. The molecule has 0 heterocycles. The molecule has 0 spiro atoms. The summed E-state index contributed by atoms with van der Waals surface area (Å²) in [5, 5.41) is 4.95. The van der Waals surface area contributed by atoms with E-state index in [-0.39, 0.29) is 0 Å². The zero-order valence-corrected chi connectivity index (χ0v) is 12.4. The van der Waals surface area contributed by atoms with E-state index >= 15 is 0 Å². The molecule has 0 saturated carbocycles. The predicted molar refractivity (Wildman–Crippen MR) is 88.0 cm³/mol. The first-order valence-electron chi connectivity index (χ1n) is 6.62. The number of benzene rings is 2. The van der Waals surface area contributed by atoms with Gasteiger partial charge in [-0.3, -0.25) is 0 Å².